The normalized spacial score (nSPS) is 10.1. The van der Waals surface area contributed by atoms with Crippen molar-refractivity contribution in [3.8, 4) is 11.5 Å². The predicted molar refractivity (Wildman–Crippen MR) is 121 cm³/mol. The van der Waals surface area contributed by atoms with E-state index in [1.807, 2.05) is 48.5 Å². The summed E-state index contributed by atoms with van der Waals surface area (Å²) in [6.45, 7) is 5.92. The molecule has 0 aliphatic carbocycles. The third kappa shape index (κ3) is 12.1. The highest BCUT2D eigenvalue weighted by molar-refractivity contribution is 5.42. The van der Waals surface area contributed by atoms with Gasteiger partial charge in [-0.1, -0.05) is 46.0 Å². The van der Waals surface area contributed by atoms with E-state index in [0.29, 0.717) is 13.2 Å². The van der Waals surface area contributed by atoms with Crippen molar-refractivity contribution in [1.29, 1.82) is 0 Å². The van der Waals surface area contributed by atoms with Gasteiger partial charge in [-0.2, -0.15) is 0 Å². The Morgan fingerprint density at radius 1 is 0.536 bits per heavy atom. The number of hydrogen-bond acceptors (Lipinski definition) is 4. The summed E-state index contributed by atoms with van der Waals surface area (Å²) in [6.07, 6.45) is 10.1. The zero-order valence-electron chi connectivity index (χ0n) is 17.7. The predicted octanol–water partition coefficient (Wildman–Crippen LogP) is 6.46. The summed E-state index contributed by atoms with van der Waals surface area (Å²) in [5.41, 5.74) is 12.7. The Labute approximate surface area is 171 Å². The van der Waals surface area contributed by atoms with Crippen molar-refractivity contribution in [1.82, 2.24) is 0 Å². The Morgan fingerprint density at radius 3 is 1.25 bits per heavy atom. The minimum Gasteiger partial charge on any atom is -0.494 e. The summed E-state index contributed by atoms with van der Waals surface area (Å²) < 4.78 is 11.3. The van der Waals surface area contributed by atoms with Crippen molar-refractivity contribution < 1.29 is 9.47 Å². The van der Waals surface area contributed by atoms with Crippen molar-refractivity contribution >= 4 is 11.4 Å². The van der Waals surface area contributed by atoms with Gasteiger partial charge in [0.05, 0.1) is 13.2 Å². The van der Waals surface area contributed by atoms with Crippen molar-refractivity contribution in [2.75, 3.05) is 24.7 Å². The molecular weight excluding hydrogens is 348 g/mol. The number of anilines is 2. The van der Waals surface area contributed by atoms with Gasteiger partial charge in [-0.05, 0) is 67.8 Å². The average Bonchev–Trinajstić information content (AvgIpc) is 2.71. The van der Waals surface area contributed by atoms with Gasteiger partial charge in [0.15, 0.2) is 0 Å². The molecule has 0 aromatic heterocycles. The maximum atomic E-state index is 5.63. The van der Waals surface area contributed by atoms with Gasteiger partial charge in [0.1, 0.15) is 11.5 Å². The van der Waals surface area contributed by atoms with Crippen LogP contribution in [0.4, 0.5) is 11.4 Å². The molecule has 0 bridgehead atoms. The smallest absolute Gasteiger partial charge is 0.119 e. The monoisotopic (exact) mass is 386 g/mol. The fourth-order valence-corrected chi connectivity index (χ4v) is 2.57. The molecule has 0 aliphatic heterocycles. The van der Waals surface area contributed by atoms with Crippen LogP contribution in [0.25, 0.3) is 0 Å². The van der Waals surface area contributed by atoms with Crippen molar-refractivity contribution in [2.45, 2.75) is 65.2 Å². The van der Waals surface area contributed by atoms with E-state index in [9.17, 15) is 0 Å². The highest BCUT2D eigenvalue weighted by atomic mass is 16.5. The van der Waals surface area contributed by atoms with Gasteiger partial charge in [0, 0.05) is 11.4 Å². The highest BCUT2D eigenvalue weighted by Gasteiger charge is 1.96. The lowest BCUT2D eigenvalue weighted by Crippen LogP contribution is -2.01. The lowest BCUT2D eigenvalue weighted by Gasteiger charge is -2.08. The fourth-order valence-electron chi connectivity index (χ4n) is 2.57. The van der Waals surface area contributed by atoms with Crippen LogP contribution in [0.1, 0.15) is 65.2 Å². The Morgan fingerprint density at radius 2 is 0.893 bits per heavy atom. The van der Waals surface area contributed by atoms with Crippen LogP contribution in [0.3, 0.4) is 0 Å². The van der Waals surface area contributed by atoms with E-state index in [4.69, 9.17) is 20.9 Å². The van der Waals surface area contributed by atoms with Crippen LogP contribution in [0.2, 0.25) is 0 Å². The first-order valence-electron chi connectivity index (χ1n) is 10.6. The van der Waals surface area contributed by atoms with Gasteiger partial charge in [-0.25, -0.2) is 0 Å². The molecule has 0 fully saturated rings. The second-order valence-electron chi connectivity index (χ2n) is 6.96. The van der Waals surface area contributed by atoms with Crippen LogP contribution in [0.15, 0.2) is 48.5 Å². The molecule has 0 aliphatic rings. The van der Waals surface area contributed by atoms with Crippen LogP contribution in [-0.2, 0) is 0 Å². The summed E-state index contributed by atoms with van der Waals surface area (Å²) >= 11 is 0. The molecule has 0 unspecified atom stereocenters. The summed E-state index contributed by atoms with van der Waals surface area (Å²) in [6, 6.07) is 14.9. The molecule has 0 heterocycles. The number of nitrogens with two attached hydrogens (primary N) is 2. The van der Waals surface area contributed by atoms with E-state index in [0.717, 1.165) is 42.1 Å². The Balaban J connectivity index is 0.000000480. The molecule has 0 saturated heterocycles. The fraction of sp³-hybridized carbons (Fsp3) is 0.500. The summed E-state index contributed by atoms with van der Waals surface area (Å²) in [5, 5.41) is 0. The second-order valence-corrected chi connectivity index (χ2v) is 6.96. The number of benzene rings is 2. The lowest BCUT2D eigenvalue weighted by atomic mass is 10.2. The molecule has 0 amide bonds. The van der Waals surface area contributed by atoms with Crippen LogP contribution in [0.5, 0.6) is 11.5 Å². The number of rotatable bonds is 12. The maximum Gasteiger partial charge on any atom is 0.119 e. The molecule has 2 rings (SSSR count). The molecule has 0 saturated carbocycles. The molecule has 4 heteroatoms. The van der Waals surface area contributed by atoms with E-state index in [1.54, 1.807) is 0 Å². The van der Waals surface area contributed by atoms with Crippen LogP contribution < -0.4 is 20.9 Å². The first kappa shape index (κ1) is 23.7. The quantitative estimate of drug-likeness (QED) is 0.324. The Kier molecular flexibility index (Phi) is 13.3. The largest absolute Gasteiger partial charge is 0.494 e. The highest BCUT2D eigenvalue weighted by Crippen LogP contribution is 2.15. The van der Waals surface area contributed by atoms with Crippen molar-refractivity contribution in [2.24, 2.45) is 0 Å². The van der Waals surface area contributed by atoms with Gasteiger partial charge >= 0.3 is 0 Å². The SMILES string of the molecule is CCCCCCC.Nc1ccc(OCCCCCOc2ccc(N)cc2)cc1. The van der Waals surface area contributed by atoms with E-state index < -0.39 is 0 Å². The van der Waals surface area contributed by atoms with Gasteiger partial charge in [0.25, 0.3) is 0 Å². The second kappa shape index (κ2) is 15.7. The zero-order valence-corrected chi connectivity index (χ0v) is 17.7. The molecule has 0 atom stereocenters. The first-order valence-corrected chi connectivity index (χ1v) is 10.6. The molecule has 0 radical (unpaired) electrons. The van der Waals surface area contributed by atoms with Crippen LogP contribution in [0, 0.1) is 0 Å². The molecule has 28 heavy (non-hydrogen) atoms. The number of unbranched alkanes of at least 4 members (excludes halogenated alkanes) is 6. The minimum absolute atomic E-state index is 0.714. The molecule has 4 nitrogen and oxygen atoms in total. The summed E-state index contributed by atoms with van der Waals surface area (Å²) in [5.74, 6) is 1.73. The number of ether oxygens (including phenoxy) is 2. The third-order valence-electron chi connectivity index (χ3n) is 4.29. The minimum atomic E-state index is 0.714. The molecular formula is C24H38N2O2. The van der Waals surface area contributed by atoms with Gasteiger partial charge in [0.2, 0.25) is 0 Å². The van der Waals surface area contributed by atoms with E-state index >= 15 is 0 Å². The topological polar surface area (TPSA) is 70.5 Å². The molecule has 0 spiro atoms. The molecule has 2 aromatic rings. The van der Waals surface area contributed by atoms with Crippen molar-refractivity contribution in [3.05, 3.63) is 48.5 Å². The maximum absolute atomic E-state index is 5.63. The number of nitrogen functional groups attached to an aromatic ring is 2. The van der Waals surface area contributed by atoms with E-state index in [1.165, 1.54) is 32.1 Å². The summed E-state index contributed by atoms with van der Waals surface area (Å²) in [4.78, 5) is 0. The lowest BCUT2D eigenvalue weighted by molar-refractivity contribution is 0.279. The zero-order chi connectivity index (χ0) is 20.5. The first-order chi connectivity index (χ1) is 13.7. The Bertz CT molecular complexity index is 544. The molecule has 156 valence electrons. The van der Waals surface area contributed by atoms with Gasteiger partial charge in [-0.3, -0.25) is 0 Å². The van der Waals surface area contributed by atoms with Crippen LogP contribution in [-0.4, -0.2) is 13.2 Å². The van der Waals surface area contributed by atoms with Crippen molar-refractivity contribution in [3.63, 3.8) is 0 Å². The third-order valence-corrected chi connectivity index (χ3v) is 4.29. The molecule has 4 N–H and O–H groups in total. The standard InChI is InChI=1S/C17H22N2O2.C7H16/c18-14-4-8-16(9-5-14)20-12-2-1-3-13-21-17-10-6-15(19)7-11-17;1-3-5-7-6-4-2/h4-11H,1-3,12-13,18-19H2;3-7H2,1-2H3. The van der Waals surface area contributed by atoms with E-state index in [-0.39, 0.29) is 0 Å². The average molecular weight is 387 g/mol. The van der Waals surface area contributed by atoms with Crippen LogP contribution >= 0.6 is 0 Å². The van der Waals surface area contributed by atoms with Gasteiger partial charge in [-0.15, -0.1) is 0 Å². The molecule has 2 aromatic carbocycles. The number of hydrogen-bond donors (Lipinski definition) is 2. The summed E-state index contributed by atoms with van der Waals surface area (Å²) in [7, 11) is 0. The van der Waals surface area contributed by atoms with E-state index in [2.05, 4.69) is 13.8 Å². The Hall–Kier alpha value is -2.36. The van der Waals surface area contributed by atoms with Gasteiger partial charge < -0.3 is 20.9 Å².